The Balaban J connectivity index is 1.64. The largest absolute Gasteiger partial charge is 0.340 e. The number of hydrogen-bond acceptors (Lipinski definition) is 1. The zero-order chi connectivity index (χ0) is 17.3. The zero-order valence-electron chi connectivity index (χ0n) is 15.1. The van der Waals surface area contributed by atoms with Crippen LogP contribution in [0.4, 0.5) is 0 Å². The van der Waals surface area contributed by atoms with Crippen LogP contribution in [0.15, 0.2) is 67.0 Å². The first-order chi connectivity index (χ1) is 12.9. The molecule has 2 heterocycles. The fourth-order valence-electron chi connectivity index (χ4n) is 4.52. The number of aromatic nitrogens is 2. The predicted octanol–water partition coefficient (Wildman–Crippen LogP) is 6.44. The highest BCUT2D eigenvalue weighted by Crippen LogP contribution is 2.33. The van der Waals surface area contributed by atoms with E-state index >= 15 is 0 Å². The minimum absolute atomic E-state index is 0.806. The van der Waals surface area contributed by atoms with Crippen molar-refractivity contribution in [2.45, 2.75) is 38.6 Å². The van der Waals surface area contributed by atoms with Gasteiger partial charge in [0.2, 0.25) is 0 Å². The SMILES string of the molecule is c1ccc2c(c1)cc(-c1ccc3ccncc3c1)n2CC1CCCCC1. The molecule has 0 atom stereocenters. The minimum atomic E-state index is 0.806. The van der Waals surface area contributed by atoms with Gasteiger partial charge in [-0.05, 0) is 54.0 Å². The summed E-state index contributed by atoms with van der Waals surface area (Å²) in [6.07, 6.45) is 10.8. The van der Waals surface area contributed by atoms with Crippen LogP contribution in [-0.2, 0) is 6.54 Å². The van der Waals surface area contributed by atoms with Crippen LogP contribution < -0.4 is 0 Å². The topological polar surface area (TPSA) is 17.8 Å². The van der Waals surface area contributed by atoms with Gasteiger partial charge < -0.3 is 4.57 Å². The summed E-state index contributed by atoms with van der Waals surface area (Å²) < 4.78 is 2.56. The minimum Gasteiger partial charge on any atom is -0.340 e. The fourth-order valence-corrected chi connectivity index (χ4v) is 4.52. The number of nitrogens with zero attached hydrogens (tertiary/aromatic N) is 2. The second-order valence-electron chi connectivity index (χ2n) is 7.64. The molecule has 130 valence electrons. The molecule has 0 bridgehead atoms. The van der Waals surface area contributed by atoms with Gasteiger partial charge in [0.05, 0.1) is 0 Å². The highest BCUT2D eigenvalue weighted by molar-refractivity contribution is 5.91. The lowest BCUT2D eigenvalue weighted by atomic mass is 9.89. The van der Waals surface area contributed by atoms with Crippen LogP contribution in [0.1, 0.15) is 32.1 Å². The highest BCUT2D eigenvalue weighted by atomic mass is 15.0. The summed E-state index contributed by atoms with van der Waals surface area (Å²) in [5.41, 5.74) is 3.99. The van der Waals surface area contributed by atoms with Crippen LogP contribution in [0.5, 0.6) is 0 Å². The molecule has 0 radical (unpaired) electrons. The molecule has 2 aromatic carbocycles. The van der Waals surface area contributed by atoms with E-state index in [-0.39, 0.29) is 0 Å². The molecule has 1 aliphatic carbocycles. The van der Waals surface area contributed by atoms with Gasteiger partial charge in [0.1, 0.15) is 0 Å². The van der Waals surface area contributed by atoms with Gasteiger partial charge in [-0.15, -0.1) is 0 Å². The summed E-state index contributed by atoms with van der Waals surface area (Å²) in [5, 5.41) is 3.79. The van der Waals surface area contributed by atoms with E-state index in [1.165, 1.54) is 65.0 Å². The molecule has 0 N–H and O–H groups in total. The van der Waals surface area contributed by atoms with E-state index in [0.29, 0.717) is 0 Å². The van der Waals surface area contributed by atoms with E-state index in [2.05, 4.69) is 64.1 Å². The lowest BCUT2D eigenvalue weighted by Crippen LogP contribution is -2.14. The maximum absolute atomic E-state index is 4.30. The van der Waals surface area contributed by atoms with Crippen LogP contribution in [-0.4, -0.2) is 9.55 Å². The normalized spacial score (nSPS) is 15.7. The zero-order valence-corrected chi connectivity index (χ0v) is 15.1. The van der Waals surface area contributed by atoms with E-state index in [1.54, 1.807) is 0 Å². The monoisotopic (exact) mass is 340 g/mol. The van der Waals surface area contributed by atoms with Crippen molar-refractivity contribution < 1.29 is 0 Å². The van der Waals surface area contributed by atoms with E-state index in [4.69, 9.17) is 0 Å². The second kappa shape index (κ2) is 6.60. The molecule has 2 aromatic heterocycles. The average Bonchev–Trinajstić information content (AvgIpc) is 3.07. The molecule has 0 unspecified atom stereocenters. The van der Waals surface area contributed by atoms with Crippen molar-refractivity contribution in [3.05, 3.63) is 67.0 Å². The molecule has 1 fully saturated rings. The molecule has 2 heteroatoms. The smallest absolute Gasteiger partial charge is 0.0491 e. The number of fused-ring (bicyclic) bond motifs is 2. The molecule has 1 aliphatic rings. The number of hydrogen-bond donors (Lipinski definition) is 0. The molecule has 4 aromatic rings. The summed E-state index contributed by atoms with van der Waals surface area (Å²) in [7, 11) is 0. The van der Waals surface area contributed by atoms with Crippen LogP contribution in [0.25, 0.3) is 32.9 Å². The maximum atomic E-state index is 4.30. The third kappa shape index (κ3) is 2.80. The summed E-state index contributed by atoms with van der Waals surface area (Å²) in [6, 6.07) is 20.0. The van der Waals surface area contributed by atoms with Gasteiger partial charge in [0.25, 0.3) is 0 Å². The Morgan fingerprint density at radius 3 is 2.65 bits per heavy atom. The Morgan fingerprint density at radius 2 is 1.73 bits per heavy atom. The molecule has 0 saturated heterocycles. The van der Waals surface area contributed by atoms with Crippen LogP contribution in [0.3, 0.4) is 0 Å². The summed E-state index contributed by atoms with van der Waals surface area (Å²) in [6.45, 7) is 1.13. The Bertz CT molecular complexity index is 1050. The van der Waals surface area contributed by atoms with Gasteiger partial charge in [-0.3, -0.25) is 4.98 Å². The van der Waals surface area contributed by atoms with E-state index in [9.17, 15) is 0 Å². The molecule has 0 amide bonds. The number of para-hydroxylation sites is 1. The molecule has 0 aliphatic heterocycles. The van der Waals surface area contributed by atoms with Gasteiger partial charge in [0, 0.05) is 40.9 Å². The fraction of sp³-hybridized carbons (Fsp3) is 0.292. The summed E-state index contributed by atoms with van der Waals surface area (Å²) in [5.74, 6) is 0.806. The molecule has 26 heavy (non-hydrogen) atoms. The second-order valence-corrected chi connectivity index (χ2v) is 7.64. The van der Waals surface area contributed by atoms with E-state index in [0.717, 1.165) is 12.5 Å². The number of rotatable bonds is 3. The molecule has 2 nitrogen and oxygen atoms in total. The lowest BCUT2D eigenvalue weighted by molar-refractivity contribution is 0.323. The molecule has 1 saturated carbocycles. The lowest BCUT2D eigenvalue weighted by Gasteiger charge is -2.24. The van der Waals surface area contributed by atoms with Crippen molar-refractivity contribution >= 4 is 21.7 Å². The molecule has 0 spiro atoms. The van der Waals surface area contributed by atoms with Crippen molar-refractivity contribution in [2.75, 3.05) is 0 Å². The van der Waals surface area contributed by atoms with E-state index < -0.39 is 0 Å². The number of pyridine rings is 1. The van der Waals surface area contributed by atoms with Crippen molar-refractivity contribution in [1.29, 1.82) is 0 Å². The van der Waals surface area contributed by atoms with Gasteiger partial charge in [-0.25, -0.2) is 0 Å². The number of benzene rings is 2. The summed E-state index contributed by atoms with van der Waals surface area (Å²) >= 11 is 0. The first-order valence-corrected chi connectivity index (χ1v) is 9.81. The molecular formula is C24H24N2. The standard InChI is InChI=1S/C24H24N2/c1-2-6-18(7-3-1)17-26-23-9-5-4-8-20(23)15-24(26)21-11-10-19-12-13-25-16-22(19)14-21/h4-5,8-16,18H,1-3,6-7,17H2. The average molecular weight is 340 g/mol. The molecule has 5 rings (SSSR count). The molecular weight excluding hydrogens is 316 g/mol. The first-order valence-electron chi connectivity index (χ1n) is 9.81. The van der Waals surface area contributed by atoms with Crippen molar-refractivity contribution in [1.82, 2.24) is 9.55 Å². The van der Waals surface area contributed by atoms with Gasteiger partial charge >= 0.3 is 0 Å². The van der Waals surface area contributed by atoms with Gasteiger partial charge in [0.15, 0.2) is 0 Å². The third-order valence-corrected chi connectivity index (χ3v) is 5.91. The maximum Gasteiger partial charge on any atom is 0.0491 e. The Kier molecular flexibility index (Phi) is 3.97. The Morgan fingerprint density at radius 1 is 0.846 bits per heavy atom. The van der Waals surface area contributed by atoms with E-state index in [1.807, 2.05) is 12.4 Å². The van der Waals surface area contributed by atoms with Crippen LogP contribution in [0.2, 0.25) is 0 Å². The quantitative estimate of drug-likeness (QED) is 0.420. The van der Waals surface area contributed by atoms with Crippen molar-refractivity contribution in [3.8, 4) is 11.3 Å². The van der Waals surface area contributed by atoms with Gasteiger partial charge in [-0.1, -0.05) is 49.6 Å². The third-order valence-electron chi connectivity index (χ3n) is 5.91. The van der Waals surface area contributed by atoms with Crippen molar-refractivity contribution in [3.63, 3.8) is 0 Å². The Hall–Kier alpha value is -2.61. The van der Waals surface area contributed by atoms with Gasteiger partial charge in [-0.2, -0.15) is 0 Å². The Labute approximate surface area is 154 Å². The summed E-state index contributed by atoms with van der Waals surface area (Å²) in [4.78, 5) is 4.30. The highest BCUT2D eigenvalue weighted by Gasteiger charge is 2.18. The van der Waals surface area contributed by atoms with Crippen molar-refractivity contribution in [2.24, 2.45) is 5.92 Å². The predicted molar refractivity (Wildman–Crippen MR) is 109 cm³/mol. The van der Waals surface area contributed by atoms with Crippen LogP contribution in [0, 0.1) is 5.92 Å². The van der Waals surface area contributed by atoms with Crippen LogP contribution >= 0.6 is 0 Å². The first kappa shape index (κ1) is 15.6.